The fraction of sp³-hybridized carbons (Fsp3) is 0.263. The van der Waals surface area contributed by atoms with Crippen molar-refractivity contribution in [1.29, 1.82) is 0 Å². The number of aromatic nitrogens is 1. The average Bonchev–Trinajstić information content (AvgIpc) is 3.23. The lowest BCUT2D eigenvalue weighted by Gasteiger charge is -2.08. The first kappa shape index (κ1) is 21.0. The molecule has 0 radical (unpaired) electrons. The van der Waals surface area contributed by atoms with Crippen LogP contribution in [0.5, 0.6) is 5.75 Å². The van der Waals surface area contributed by atoms with E-state index in [1.807, 2.05) is 25.1 Å². The van der Waals surface area contributed by atoms with Gasteiger partial charge in [-0.05, 0) is 48.5 Å². The van der Waals surface area contributed by atoms with Crippen molar-refractivity contribution in [2.75, 3.05) is 25.6 Å². The number of anilines is 1. The Bertz CT molecular complexity index is 984. The lowest BCUT2D eigenvalue weighted by molar-refractivity contribution is -0.115. The zero-order chi connectivity index (χ0) is 20.8. The number of aliphatic imine (C=N–C) groups is 1. The fourth-order valence-electron chi connectivity index (χ4n) is 2.37. The summed E-state index contributed by atoms with van der Waals surface area (Å²) in [7, 11) is 1.63. The minimum atomic E-state index is -0.222. The number of thiazole rings is 1. The van der Waals surface area contributed by atoms with E-state index in [4.69, 9.17) is 9.47 Å². The molecule has 8 nitrogen and oxygen atoms in total. The highest BCUT2D eigenvalue weighted by Crippen LogP contribution is 2.31. The van der Waals surface area contributed by atoms with Gasteiger partial charge in [0.25, 0.3) is 5.91 Å². The Labute approximate surface area is 176 Å². The van der Waals surface area contributed by atoms with Crippen LogP contribution in [0.1, 0.15) is 17.4 Å². The van der Waals surface area contributed by atoms with Gasteiger partial charge in [-0.25, -0.2) is 9.98 Å². The van der Waals surface area contributed by atoms with Crippen LogP contribution in [0.25, 0.3) is 6.08 Å². The minimum absolute atomic E-state index is 0.188. The van der Waals surface area contributed by atoms with Gasteiger partial charge in [-0.3, -0.25) is 9.59 Å². The Balaban J connectivity index is 1.70. The minimum Gasteiger partial charge on any atom is -0.491 e. The molecule has 2 N–H and O–H groups in total. The Hall–Kier alpha value is -2.69. The number of nitrogens with one attached hydrogen (secondary N) is 2. The molecule has 3 rings (SSSR count). The van der Waals surface area contributed by atoms with Crippen LogP contribution < -0.4 is 15.4 Å². The number of aryl methyl sites for hydroxylation is 1. The SMILES string of the molecule is COCCOc1ccc(N=C2NC(=O)C(=Cc3cnc(NC(C)=O)s3)S2)c(C)c1. The molecular formula is C19H20N4O4S2. The molecule has 0 atom stereocenters. The lowest BCUT2D eigenvalue weighted by atomic mass is 10.2. The van der Waals surface area contributed by atoms with Gasteiger partial charge < -0.3 is 20.1 Å². The number of rotatable bonds is 7. The summed E-state index contributed by atoms with van der Waals surface area (Å²) in [5, 5.41) is 6.38. The van der Waals surface area contributed by atoms with E-state index in [-0.39, 0.29) is 11.8 Å². The normalized spacial score (nSPS) is 16.3. The second-order valence-corrected chi connectivity index (χ2v) is 8.11. The summed E-state index contributed by atoms with van der Waals surface area (Å²) in [5.74, 6) is 0.333. The van der Waals surface area contributed by atoms with Crippen molar-refractivity contribution in [2.24, 2.45) is 4.99 Å². The van der Waals surface area contributed by atoms with Gasteiger partial charge in [-0.2, -0.15) is 0 Å². The van der Waals surface area contributed by atoms with Gasteiger partial charge in [0.05, 0.1) is 22.1 Å². The lowest BCUT2D eigenvalue weighted by Crippen LogP contribution is -2.19. The Morgan fingerprint density at radius 3 is 2.93 bits per heavy atom. The van der Waals surface area contributed by atoms with Gasteiger partial charge in [-0.1, -0.05) is 11.3 Å². The number of carbonyl (C=O) groups excluding carboxylic acids is 2. The van der Waals surface area contributed by atoms with E-state index in [2.05, 4.69) is 20.6 Å². The maximum atomic E-state index is 12.3. The molecule has 1 aliphatic rings. The fourth-order valence-corrected chi connectivity index (χ4v) is 4.07. The first-order valence-corrected chi connectivity index (χ1v) is 10.3. The van der Waals surface area contributed by atoms with Gasteiger partial charge >= 0.3 is 0 Å². The Kier molecular flexibility index (Phi) is 7.02. The van der Waals surface area contributed by atoms with Crippen molar-refractivity contribution >= 4 is 57.0 Å². The molecular weight excluding hydrogens is 412 g/mol. The van der Waals surface area contributed by atoms with Crippen molar-refractivity contribution in [3.63, 3.8) is 0 Å². The van der Waals surface area contributed by atoms with Crippen LogP contribution in [0.4, 0.5) is 10.8 Å². The molecule has 0 unspecified atom stereocenters. The average molecular weight is 433 g/mol. The quantitative estimate of drug-likeness (QED) is 0.514. The molecule has 152 valence electrons. The maximum Gasteiger partial charge on any atom is 0.264 e. The van der Waals surface area contributed by atoms with Crippen molar-refractivity contribution in [3.8, 4) is 5.75 Å². The smallest absolute Gasteiger partial charge is 0.264 e. The molecule has 0 aliphatic carbocycles. The predicted molar refractivity (Wildman–Crippen MR) is 116 cm³/mol. The summed E-state index contributed by atoms with van der Waals surface area (Å²) in [6.45, 7) is 4.35. The topological polar surface area (TPSA) is 102 Å². The van der Waals surface area contributed by atoms with Gasteiger partial charge in [-0.15, -0.1) is 0 Å². The van der Waals surface area contributed by atoms with E-state index >= 15 is 0 Å². The number of amides is 2. The highest BCUT2D eigenvalue weighted by atomic mass is 32.2. The summed E-state index contributed by atoms with van der Waals surface area (Å²) in [5.41, 5.74) is 1.68. The van der Waals surface area contributed by atoms with E-state index in [1.165, 1.54) is 30.0 Å². The third-order valence-corrected chi connectivity index (χ3v) is 5.45. The molecule has 0 bridgehead atoms. The standard InChI is InChI=1S/C19H20N4O4S2/c1-11-8-13(27-7-6-26-3)4-5-15(11)22-19-23-17(25)16(29-19)9-14-10-20-18(28-14)21-12(2)24/h4-5,8-10H,6-7H2,1-3H3,(H,20,21,24)(H,22,23,25). The highest BCUT2D eigenvalue weighted by Gasteiger charge is 2.24. The Morgan fingerprint density at radius 2 is 2.21 bits per heavy atom. The van der Waals surface area contributed by atoms with Crippen molar-refractivity contribution in [1.82, 2.24) is 10.3 Å². The summed E-state index contributed by atoms with van der Waals surface area (Å²) in [6, 6.07) is 5.58. The van der Waals surface area contributed by atoms with Crippen LogP contribution in [0, 0.1) is 6.92 Å². The van der Waals surface area contributed by atoms with Crippen molar-refractivity contribution < 1.29 is 19.1 Å². The molecule has 0 saturated carbocycles. The number of amidine groups is 1. The number of hydrogen-bond donors (Lipinski definition) is 2. The molecule has 1 saturated heterocycles. The van der Waals surface area contributed by atoms with Gasteiger partial charge in [0.2, 0.25) is 5.91 Å². The zero-order valence-corrected chi connectivity index (χ0v) is 17.8. The van der Waals surface area contributed by atoms with Crippen LogP contribution in [0.15, 0.2) is 34.3 Å². The van der Waals surface area contributed by atoms with Crippen LogP contribution in [-0.2, 0) is 14.3 Å². The number of benzene rings is 1. The third kappa shape index (κ3) is 5.89. The Morgan fingerprint density at radius 1 is 1.38 bits per heavy atom. The summed E-state index contributed by atoms with van der Waals surface area (Å²) in [6.07, 6.45) is 3.34. The second-order valence-electron chi connectivity index (χ2n) is 6.02. The molecule has 29 heavy (non-hydrogen) atoms. The van der Waals surface area contributed by atoms with Gasteiger partial charge in [0.15, 0.2) is 10.3 Å². The zero-order valence-electron chi connectivity index (χ0n) is 16.1. The van der Waals surface area contributed by atoms with Crippen LogP contribution in [0.2, 0.25) is 0 Å². The van der Waals surface area contributed by atoms with Crippen molar-refractivity contribution in [2.45, 2.75) is 13.8 Å². The number of hydrogen-bond acceptors (Lipinski definition) is 8. The first-order valence-electron chi connectivity index (χ1n) is 8.70. The van der Waals surface area contributed by atoms with E-state index < -0.39 is 0 Å². The molecule has 1 fully saturated rings. The summed E-state index contributed by atoms with van der Waals surface area (Å²) >= 11 is 2.55. The van der Waals surface area contributed by atoms with Crippen LogP contribution in [-0.4, -0.2) is 42.3 Å². The van der Waals surface area contributed by atoms with E-state index in [0.717, 1.165) is 21.9 Å². The monoisotopic (exact) mass is 432 g/mol. The molecule has 2 aromatic rings. The molecule has 1 aliphatic heterocycles. The second kappa shape index (κ2) is 9.68. The van der Waals surface area contributed by atoms with Gasteiger partial charge in [0, 0.05) is 20.2 Å². The first-order chi connectivity index (χ1) is 13.9. The highest BCUT2D eigenvalue weighted by molar-refractivity contribution is 8.18. The largest absolute Gasteiger partial charge is 0.491 e. The number of carbonyl (C=O) groups is 2. The number of thioether (sulfide) groups is 1. The summed E-state index contributed by atoms with van der Waals surface area (Å²) in [4.78, 5) is 33.3. The molecule has 0 spiro atoms. The van der Waals surface area contributed by atoms with E-state index in [0.29, 0.717) is 28.4 Å². The van der Waals surface area contributed by atoms with E-state index in [1.54, 1.807) is 19.4 Å². The predicted octanol–water partition coefficient (Wildman–Crippen LogP) is 3.33. The third-order valence-electron chi connectivity index (χ3n) is 3.68. The number of methoxy groups -OCH3 is 1. The molecule has 2 amide bonds. The number of nitrogens with zero attached hydrogens (tertiary/aromatic N) is 2. The molecule has 1 aromatic heterocycles. The molecule has 1 aromatic carbocycles. The molecule has 2 heterocycles. The molecule has 10 heteroatoms. The van der Waals surface area contributed by atoms with E-state index in [9.17, 15) is 9.59 Å². The maximum absolute atomic E-state index is 12.3. The number of ether oxygens (including phenoxy) is 2. The van der Waals surface area contributed by atoms with Crippen LogP contribution >= 0.6 is 23.1 Å². The summed E-state index contributed by atoms with van der Waals surface area (Å²) < 4.78 is 10.6. The van der Waals surface area contributed by atoms with Crippen LogP contribution in [0.3, 0.4) is 0 Å². The van der Waals surface area contributed by atoms with Crippen molar-refractivity contribution in [3.05, 3.63) is 39.7 Å². The van der Waals surface area contributed by atoms with Gasteiger partial charge in [0.1, 0.15) is 12.4 Å².